The van der Waals surface area contributed by atoms with Crippen LogP contribution in [0.1, 0.15) is 26.7 Å². The summed E-state index contributed by atoms with van der Waals surface area (Å²) in [6.45, 7) is 3.56. The van der Waals surface area contributed by atoms with Crippen molar-refractivity contribution in [2.45, 2.75) is 32.2 Å². The van der Waals surface area contributed by atoms with Crippen molar-refractivity contribution >= 4 is 11.8 Å². The number of hydrogen-bond acceptors (Lipinski definition) is 4. The molecule has 0 aliphatic heterocycles. The molecule has 0 saturated carbocycles. The lowest BCUT2D eigenvalue weighted by atomic mass is 9.97. The zero-order valence-electron chi connectivity index (χ0n) is 9.60. The van der Waals surface area contributed by atoms with Gasteiger partial charge >= 0.3 is 5.97 Å². The number of nitrogens with two attached hydrogens (primary N) is 1. The maximum absolute atomic E-state index is 10.7. The average molecular weight is 229 g/mol. The van der Waals surface area contributed by atoms with Gasteiger partial charge in [0.1, 0.15) is 11.4 Å². The standard InChI is InChI=1S/C10H19N3O3/c1-8(13-16)12-7-5-3-4-6-10(2,11)9(14)15/h3,5,16H,4,6-7,11H2,1-2H3,(H,12,13)(H,14,15)/b5-3-. The van der Waals surface area contributed by atoms with Crippen LogP contribution in [0.3, 0.4) is 0 Å². The lowest BCUT2D eigenvalue weighted by Gasteiger charge is -2.17. The molecule has 0 aromatic carbocycles. The van der Waals surface area contributed by atoms with Crippen LogP contribution in [0.15, 0.2) is 17.1 Å². The number of hydrogen-bond donors (Lipinski definition) is 4. The third-order valence-electron chi connectivity index (χ3n) is 2.08. The van der Waals surface area contributed by atoms with E-state index in [1.165, 1.54) is 6.92 Å². The normalized spacial score (nSPS) is 16.1. The molecule has 0 radical (unpaired) electrons. The van der Waals surface area contributed by atoms with Crippen molar-refractivity contribution in [3.8, 4) is 0 Å². The molecular weight excluding hydrogens is 210 g/mol. The van der Waals surface area contributed by atoms with Crippen LogP contribution in [0.25, 0.3) is 0 Å². The molecule has 0 rings (SSSR count). The van der Waals surface area contributed by atoms with Gasteiger partial charge < -0.3 is 10.8 Å². The average Bonchev–Trinajstić information content (AvgIpc) is 2.22. The van der Waals surface area contributed by atoms with Crippen molar-refractivity contribution in [3.05, 3.63) is 12.2 Å². The Kier molecular flexibility index (Phi) is 6.36. The number of carboxylic acid groups (broad SMARTS) is 1. The molecule has 0 heterocycles. The molecule has 0 aliphatic rings. The Morgan fingerprint density at radius 3 is 2.69 bits per heavy atom. The maximum atomic E-state index is 10.7. The quantitative estimate of drug-likeness (QED) is 0.230. The summed E-state index contributed by atoms with van der Waals surface area (Å²) >= 11 is 0. The first-order chi connectivity index (χ1) is 7.40. The van der Waals surface area contributed by atoms with Gasteiger partial charge in [0.2, 0.25) is 0 Å². The fourth-order valence-electron chi connectivity index (χ4n) is 0.907. The van der Waals surface area contributed by atoms with E-state index in [1.807, 2.05) is 11.6 Å². The molecule has 92 valence electrons. The van der Waals surface area contributed by atoms with Gasteiger partial charge in [-0.15, -0.1) is 0 Å². The second-order valence-electron chi connectivity index (χ2n) is 3.77. The van der Waals surface area contributed by atoms with Crippen LogP contribution < -0.4 is 11.2 Å². The molecule has 6 heteroatoms. The first kappa shape index (κ1) is 14.6. The first-order valence-electron chi connectivity index (χ1n) is 4.98. The van der Waals surface area contributed by atoms with E-state index < -0.39 is 11.5 Å². The summed E-state index contributed by atoms with van der Waals surface area (Å²) in [7, 11) is 0. The zero-order chi connectivity index (χ0) is 12.6. The van der Waals surface area contributed by atoms with E-state index in [2.05, 4.69) is 4.99 Å². The molecule has 0 aromatic rings. The summed E-state index contributed by atoms with van der Waals surface area (Å²) in [5.41, 5.74) is 6.27. The molecule has 0 aliphatic carbocycles. The van der Waals surface area contributed by atoms with Gasteiger partial charge in [0.15, 0.2) is 0 Å². The number of amidine groups is 1. The lowest BCUT2D eigenvalue weighted by molar-refractivity contribution is -0.142. The van der Waals surface area contributed by atoms with E-state index in [4.69, 9.17) is 16.0 Å². The molecule has 1 unspecified atom stereocenters. The summed E-state index contributed by atoms with van der Waals surface area (Å²) in [6.07, 6.45) is 4.57. The molecule has 5 N–H and O–H groups in total. The van der Waals surface area contributed by atoms with Crippen molar-refractivity contribution in [3.63, 3.8) is 0 Å². The topological polar surface area (TPSA) is 108 Å². The van der Waals surface area contributed by atoms with E-state index in [0.717, 1.165) is 0 Å². The second-order valence-corrected chi connectivity index (χ2v) is 3.77. The van der Waals surface area contributed by atoms with Crippen LogP contribution in [0.2, 0.25) is 0 Å². The van der Waals surface area contributed by atoms with Crippen molar-refractivity contribution in [1.29, 1.82) is 0 Å². The minimum Gasteiger partial charge on any atom is -0.480 e. The Labute approximate surface area is 94.8 Å². The van der Waals surface area contributed by atoms with Gasteiger partial charge in [0.25, 0.3) is 0 Å². The van der Waals surface area contributed by atoms with Crippen molar-refractivity contribution in [2.75, 3.05) is 6.54 Å². The molecule has 0 amide bonds. The Hall–Kier alpha value is -1.40. The van der Waals surface area contributed by atoms with Crippen LogP contribution in [-0.4, -0.2) is 34.2 Å². The van der Waals surface area contributed by atoms with Crippen LogP contribution in [0.4, 0.5) is 0 Å². The lowest BCUT2D eigenvalue weighted by Crippen LogP contribution is -2.44. The van der Waals surface area contributed by atoms with Crippen LogP contribution in [0.5, 0.6) is 0 Å². The highest BCUT2D eigenvalue weighted by Gasteiger charge is 2.26. The highest BCUT2D eigenvalue weighted by molar-refractivity contribution is 5.78. The summed E-state index contributed by atoms with van der Waals surface area (Å²) in [6, 6.07) is 0. The van der Waals surface area contributed by atoms with Crippen molar-refractivity contribution in [2.24, 2.45) is 10.7 Å². The summed E-state index contributed by atoms with van der Waals surface area (Å²) in [5, 5.41) is 17.2. The van der Waals surface area contributed by atoms with E-state index >= 15 is 0 Å². The fraction of sp³-hybridized carbons (Fsp3) is 0.600. The van der Waals surface area contributed by atoms with E-state index in [-0.39, 0.29) is 0 Å². The molecular formula is C10H19N3O3. The Morgan fingerprint density at radius 1 is 1.56 bits per heavy atom. The molecule has 0 bridgehead atoms. The van der Waals surface area contributed by atoms with E-state index in [1.54, 1.807) is 13.0 Å². The number of rotatable bonds is 6. The molecule has 0 aromatic heterocycles. The largest absolute Gasteiger partial charge is 0.480 e. The van der Waals surface area contributed by atoms with Crippen LogP contribution >= 0.6 is 0 Å². The minimum atomic E-state index is -1.18. The number of aliphatic carboxylic acids is 1. The van der Waals surface area contributed by atoms with Gasteiger partial charge in [-0.2, -0.15) is 0 Å². The molecule has 1 atom stereocenters. The van der Waals surface area contributed by atoms with Gasteiger partial charge in [-0.1, -0.05) is 12.2 Å². The summed E-state index contributed by atoms with van der Waals surface area (Å²) in [5.74, 6) is -0.571. The predicted octanol–water partition coefficient (Wildman–Crippen LogP) is 0.522. The molecule has 16 heavy (non-hydrogen) atoms. The predicted molar refractivity (Wildman–Crippen MR) is 61.5 cm³/mol. The number of nitrogens with zero attached hydrogens (tertiary/aromatic N) is 1. The SMILES string of the molecule is CC(=NC/C=C\CCC(C)(N)C(=O)O)NO. The van der Waals surface area contributed by atoms with Gasteiger partial charge in [-0.05, 0) is 26.7 Å². The maximum Gasteiger partial charge on any atom is 0.323 e. The molecule has 0 spiro atoms. The second kappa shape index (κ2) is 6.97. The summed E-state index contributed by atoms with van der Waals surface area (Å²) < 4.78 is 0. The monoisotopic (exact) mass is 229 g/mol. The highest BCUT2D eigenvalue weighted by atomic mass is 16.5. The van der Waals surface area contributed by atoms with Crippen LogP contribution in [0, 0.1) is 0 Å². The number of aliphatic imine (C=N–C) groups is 1. The van der Waals surface area contributed by atoms with Crippen molar-refractivity contribution < 1.29 is 15.1 Å². The third kappa shape index (κ3) is 6.15. The Morgan fingerprint density at radius 2 is 2.19 bits per heavy atom. The Bertz CT molecular complexity index is 285. The van der Waals surface area contributed by atoms with E-state index in [9.17, 15) is 4.79 Å². The van der Waals surface area contributed by atoms with Gasteiger partial charge in [-0.3, -0.25) is 20.5 Å². The number of allylic oxidation sites excluding steroid dienone is 1. The fourth-order valence-corrected chi connectivity index (χ4v) is 0.907. The zero-order valence-corrected chi connectivity index (χ0v) is 9.60. The third-order valence-corrected chi connectivity index (χ3v) is 2.08. The van der Waals surface area contributed by atoms with E-state index in [0.29, 0.717) is 25.2 Å². The van der Waals surface area contributed by atoms with Gasteiger partial charge in [-0.25, -0.2) is 0 Å². The Balaban J connectivity index is 3.83. The first-order valence-corrected chi connectivity index (χ1v) is 4.98. The number of nitrogens with one attached hydrogen (secondary N) is 1. The van der Waals surface area contributed by atoms with Gasteiger partial charge in [0, 0.05) is 0 Å². The number of carboxylic acids is 1. The minimum absolute atomic E-state index is 0.375. The molecule has 6 nitrogen and oxygen atoms in total. The van der Waals surface area contributed by atoms with Crippen molar-refractivity contribution in [1.82, 2.24) is 5.48 Å². The highest BCUT2D eigenvalue weighted by Crippen LogP contribution is 2.09. The molecule has 0 saturated heterocycles. The van der Waals surface area contributed by atoms with Crippen LogP contribution in [-0.2, 0) is 4.79 Å². The summed E-state index contributed by atoms with van der Waals surface area (Å²) in [4.78, 5) is 14.6. The molecule has 0 fully saturated rings. The number of carbonyl (C=O) groups is 1. The number of hydroxylamine groups is 1. The smallest absolute Gasteiger partial charge is 0.323 e. The van der Waals surface area contributed by atoms with Gasteiger partial charge in [0.05, 0.1) is 6.54 Å².